The fourth-order valence-electron chi connectivity index (χ4n) is 1.53. The molecule has 82 valence electrons. The van der Waals surface area contributed by atoms with Gasteiger partial charge in [0.2, 0.25) is 5.24 Å². The molecule has 0 aliphatic carbocycles. The highest BCUT2D eigenvalue weighted by Crippen LogP contribution is 2.31. The fourth-order valence-corrected chi connectivity index (χ4v) is 1.72. The van der Waals surface area contributed by atoms with Gasteiger partial charge in [-0.3, -0.25) is 4.79 Å². The number of carbonyl (C=O) groups excluding carboxylic acids is 1. The predicted octanol–water partition coefficient (Wildman–Crippen LogP) is 3.16. The van der Waals surface area contributed by atoms with Gasteiger partial charge in [-0.05, 0) is 42.6 Å². The summed E-state index contributed by atoms with van der Waals surface area (Å²) in [5, 5.41) is 8.37. The molecular formula is C13H12ClNO. The predicted molar refractivity (Wildman–Crippen MR) is 64.2 cm³/mol. The summed E-state index contributed by atoms with van der Waals surface area (Å²) in [6.07, 6.45) is 2.10. The Morgan fingerprint density at radius 3 is 2.88 bits per heavy atom. The third-order valence-electron chi connectivity index (χ3n) is 2.62. The van der Waals surface area contributed by atoms with Crippen molar-refractivity contribution in [2.24, 2.45) is 0 Å². The van der Waals surface area contributed by atoms with Crippen molar-refractivity contribution in [1.29, 1.82) is 5.26 Å². The van der Waals surface area contributed by atoms with E-state index < -0.39 is 10.7 Å². The van der Waals surface area contributed by atoms with Gasteiger partial charge in [-0.2, -0.15) is 5.26 Å². The van der Waals surface area contributed by atoms with Crippen molar-refractivity contribution < 1.29 is 4.79 Å². The van der Waals surface area contributed by atoms with E-state index in [1.54, 1.807) is 37.3 Å². The van der Waals surface area contributed by atoms with Gasteiger partial charge in [0.05, 0.1) is 17.0 Å². The third kappa shape index (κ3) is 2.32. The molecule has 2 nitrogen and oxygen atoms in total. The SMILES string of the molecule is C=CCC(C)(C(=O)Cl)c1cccc(C#N)c1. The molecule has 1 atom stereocenters. The minimum Gasteiger partial charge on any atom is -0.280 e. The largest absolute Gasteiger partial charge is 0.280 e. The maximum Gasteiger partial charge on any atom is 0.232 e. The monoisotopic (exact) mass is 233 g/mol. The van der Waals surface area contributed by atoms with Crippen LogP contribution in [0.5, 0.6) is 0 Å². The van der Waals surface area contributed by atoms with Crippen LogP contribution in [-0.4, -0.2) is 5.24 Å². The first-order valence-corrected chi connectivity index (χ1v) is 5.24. The topological polar surface area (TPSA) is 40.9 Å². The van der Waals surface area contributed by atoms with E-state index in [1.807, 2.05) is 6.07 Å². The maximum atomic E-state index is 11.5. The second-order valence-electron chi connectivity index (χ2n) is 3.79. The molecule has 0 saturated carbocycles. The number of allylic oxidation sites excluding steroid dienone is 1. The number of nitriles is 1. The average molecular weight is 234 g/mol. The van der Waals surface area contributed by atoms with Crippen LogP contribution in [0.15, 0.2) is 36.9 Å². The second kappa shape index (κ2) is 4.96. The smallest absolute Gasteiger partial charge is 0.232 e. The Labute approximate surface area is 100 Å². The molecule has 0 radical (unpaired) electrons. The molecule has 0 amide bonds. The number of rotatable bonds is 4. The van der Waals surface area contributed by atoms with E-state index >= 15 is 0 Å². The molecule has 0 aliphatic heterocycles. The molecule has 1 aromatic rings. The number of hydrogen-bond donors (Lipinski definition) is 0. The van der Waals surface area contributed by atoms with Crippen LogP contribution in [0.25, 0.3) is 0 Å². The second-order valence-corrected chi connectivity index (χ2v) is 4.13. The fraction of sp³-hybridized carbons (Fsp3) is 0.231. The standard InChI is InChI=1S/C13H12ClNO/c1-3-7-13(2,12(14)16)11-6-4-5-10(8-11)9-15/h3-6,8H,1,7H2,2H3. The lowest BCUT2D eigenvalue weighted by molar-refractivity contribution is -0.116. The van der Waals surface area contributed by atoms with Gasteiger partial charge in [-0.15, -0.1) is 6.58 Å². The van der Waals surface area contributed by atoms with Crippen LogP contribution in [0.4, 0.5) is 0 Å². The van der Waals surface area contributed by atoms with Crippen molar-refractivity contribution >= 4 is 16.8 Å². The van der Waals surface area contributed by atoms with Crippen LogP contribution in [0, 0.1) is 11.3 Å². The van der Waals surface area contributed by atoms with Crippen molar-refractivity contribution in [3.63, 3.8) is 0 Å². The summed E-state index contributed by atoms with van der Waals surface area (Å²) < 4.78 is 0. The highest BCUT2D eigenvalue weighted by Gasteiger charge is 2.32. The quantitative estimate of drug-likeness (QED) is 0.592. The number of nitrogens with zero attached hydrogens (tertiary/aromatic N) is 1. The van der Waals surface area contributed by atoms with Gasteiger partial charge in [0.25, 0.3) is 0 Å². The van der Waals surface area contributed by atoms with Crippen LogP contribution < -0.4 is 0 Å². The van der Waals surface area contributed by atoms with Crippen molar-refractivity contribution in [1.82, 2.24) is 0 Å². The van der Waals surface area contributed by atoms with Gasteiger partial charge in [-0.25, -0.2) is 0 Å². The molecule has 16 heavy (non-hydrogen) atoms. The average Bonchev–Trinajstić information content (AvgIpc) is 2.29. The van der Waals surface area contributed by atoms with Crippen LogP contribution in [-0.2, 0) is 10.2 Å². The van der Waals surface area contributed by atoms with Gasteiger partial charge in [-0.1, -0.05) is 18.2 Å². The lowest BCUT2D eigenvalue weighted by Gasteiger charge is -2.24. The molecule has 0 aliphatic rings. The third-order valence-corrected chi connectivity index (χ3v) is 3.03. The first-order chi connectivity index (χ1) is 7.54. The maximum absolute atomic E-state index is 11.5. The van der Waals surface area contributed by atoms with E-state index in [-0.39, 0.29) is 0 Å². The summed E-state index contributed by atoms with van der Waals surface area (Å²) in [6, 6.07) is 8.96. The zero-order valence-corrected chi connectivity index (χ0v) is 9.79. The minimum absolute atomic E-state index is 0.442. The molecule has 0 N–H and O–H groups in total. The number of carbonyl (C=O) groups is 1. The molecule has 0 spiro atoms. The summed E-state index contributed by atoms with van der Waals surface area (Å²) >= 11 is 5.62. The van der Waals surface area contributed by atoms with E-state index in [9.17, 15) is 4.79 Å². The molecule has 0 bridgehead atoms. The Bertz CT molecular complexity index is 461. The van der Waals surface area contributed by atoms with E-state index in [0.717, 1.165) is 5.56 Å². The Morgan fingerprint density at radius 2 is 2.38 bits per heavy atom. The summed E-state index contributed by atoms with van der Waals surface area (Å²) in [6.45, 7) is 5.37. The van der Waals surface area contributed by atoms with E-state index in [0.29, 0.717) is 12.0 Å². The first-order valence-electron chi connectivity index (χ1n) is 4.86. The van der Waals surface area contributed by atoms with E-state index in [1.165, 1.54) is 0 Å². The summed E-state index contributed by atoms with van der Waals surface area (Å²) in [4.78, 5) is 11.5. The van der Waals surface area contributed by atoms with Gasteiger partial charge in [0, 0.05) is 0 Å². The van der Waals surface area contributed by atoms with E-state index in [2.05, 4.69) is 6.58 Å². The van der Waals surface area contributed by atoms with E-state index in [4.69, 9.17) is 16.9 Å². The van der Waals surface area contributed by atoms with Gasteiger partial charge in [0.1, 0.15) is 0 Å². The molecule has 1 unspecified atom stereocenters. The van der Waals surface area contributed by atoms with Gasteiger partial charge in [0.15, 0.2) is 0 Å². The highest BCUT2D eigenvalue weighted by atomic mass is 35.5. The molecule has 0 fully saturated rings. The summed E-state index contributed by atoms with van der Waals surface area (Å²) in [5.74, 6) is 0. The molecule has 1 aromatic carbocycles. The molecular weight excluding hydrogens is 222 g/mol. The minimum atomic E-state index is -0.809. The Kier molecular flexibility index (Phi) is 3.87. The number of benzene rings is 1. The van der Waals surface area contributed by atoms with Crippen molar-refractivity contribution in [2.75, 3.05) is 0 Å². The molecule has 0 heterocycles. The highest BCUT2D eigenvalue weighted by molar-refractivity contribution is 6.65. The lowest BCUT2D eigenvalue weighted by Crippen LogP contribution is -2.28. The zero-order chi connectivity index (χ0) is 12.2. The zero-order valence-electron chi connectivity index (χ0n) is 9.03. The van der Waals surface area contributed by atoms with Gasteiger partial charge >= 0.3 is 0 Å². The van der Waals surface area contributed by atoms with Crippen molar-refractivity contribution in [2.45, 2.75) is 18.8 Å². The van der Waals surface area contributed by atoms with Crippen LogP contribution in [0.3, 0.4) is 0 Å². The van der Waals surface area contributed by atoms with Crippen LogP contribution in [0.1, 0.15) is 24.5 Å². The van der Waals surface area contributed by atoms with Crippen molar-refractivity contribution in [3.8, 4) is 6.07 Å². The summed E-state index contributed by atoms with van der Waals surface area (Å²) in [5.41, 5.74) is 0.452. The molecule has 1 rings (SSSR count). The molecule has 3 heteroatoms. The molecule has 0 saturated heterocycles. The summed E-state index contributed by atoms with van der Waals surface area (Å²) in [7, 11) is 0. The number of hydrogen-bond acceptors (Lipinski definition) is 2. The Hall–Kier alpha value is -1.59. The Balaban J connectivity index is 3.27. The van der Waals surface area contributed by atoms with Gasteiger partial charge < -0.3 is 0 Å². The molecule has 0 aromatic heterocycles. The van der Waals surface area contributed by atoms with Crippen LogP contribution >= 0.6 is 11.6 Å². The number of halogens is 1. The normalized spacial score (nSPS) is 13.6. The first kappa shape index (κ1) is 12.5. The lowest BCUT2D eigenvalue weighted by atomic mass is 9.80. The van der Waals surface area contributed by atoms with Crippen molar-refractivity contribution in [3.05, 3.63) is 48.0 Å². The van der Waals surface area contributed by atoms with Crippen LogP contribution in [0.2, 0.25) is 0 Å². The Morgan fingerprint density at radius 1 is 1.69 bits per heavy atom.